The fourth-order valence-electron chi connectivity index (χ4n) is 2.69. The zero-order valence-electron chi connectivity index (χ0n) is 16.0. The standard InChI is InChI=1S/C19H27ClFN3O3/c1-19(2,3)27-18(25)24-8-6-13(7-9-24)12-26-16-5-4-14(10-15(16)21)23-17(22)11-20/h4-5,10,13H,6-9,11-12H2,1-3H3,(H2,22,23). The van der Waals surface area contributed by atoms with Gasteiger partial charge in [0.2, 0.25) is 0 Å². The fourth-order valence-corrected chi connectivity index (χ4v) is 2.75. The summed E-state index contributed by atoms with van der Waals surface area (Å²) in [5.41, 5.74) is 5.43. The lowest BCUT2D eigenvalue weighted by Crippen LogP contribution is -2.42. The number of hydrogen-bond donors (Lipinski definition) is 1. The van der Waals surface area contributed by atoms with Crippen LogP contribution in [0.5, 0.6) is 5.75 Å². The van der Waals surface area contributed by atoms with Crippen molar-refractivity contribution in [2.45, 2.75) is 39.2 Å². The van der Waals surface area contributed by atoms with Crippen molar-refractivity contribution in [2.24, 2.45) is 16.6 Å². The number of carbonyl (C=O) groups is 1. The monoisotopic (exact) mass is 399 g/mol. The van der Waals surface area contributed by atoms with Crippen molar-refractivity contribution in [3.8, 4) is 5.75 Å². The molecule has 0 aliphatic carbocycles. The molecule has 6 nitrogen and oxygen atoms in total. The summed E-state index contributed by atoms with van der Waals surface area (Å²) >= 11 is 5.56. The van der Waals surface area contributed by atoms with E-state index in [9.17, 15) is 9.18 Å². The second-order valence-electron chi connectivity index (χ2n) is 7.57. The van der Waals surface area contributed by atoms with Crippen molar-refractivity contribution in [1.82, 2.24) is 4.90 Å². The van der Waals surface area contributed by atoms with Gasteiger partial charge in [-0.25, -0.2) is 14.2 Å². The zero-order chi connectivity index (χ0) is 20.0. The third-order valence-corrected chi connectivity index (χ3v) is 4.34. The molecule has 150 valence electrons. The van der Waals surface area contributed by atoms with Crippen LogP contribution in [0, 0.1) is 11.7 Å². The topological polar surface area (TPSA) is 77.1 Å². The number of halogens is 2. The first-order valence-corrected chi connectivity index (χ1v) is 9.50. The van der Waals surface area contributed by atoms with Crippen LogP contribution in [0.4, 0.5) is 14.9 Å². The minimum Gasteiger partial charge on any atom is -0.490 e. The molecular weight excluding hydrogens is 373 g/mol. The van der Waals surface area contributed by atoms with Crippen molar-refractivity contribution in [1.29, 1.82) is 0 Å². The van der Waals surface area contributed by atoms with Gasteiger partial charge >= 0.3 is 6.09 Å². The first kappa shape index (κ1) is 21.3. The molecule has 0 unspecified atom stereocenters. The number of alkyl halides is 1. The molecule has 2 N–H and O–H groups in total. The maximum absolute atomic E-state index is 14.1. The van der Waals surface area contributed by atoms with Crippen molar-refractivity contribution in [3.63, 3.8) is 0 Å². The van der Waals surface area contributed by atoms with Crippen LogP contribution in [0.3, 0.4) is 0 Å². The number of hydrogen-bond acceptors (Lipinski definition) is 4. The first-order chi connectivity index (χ1) is 12.7. The summed E-state index contributed by atoms with van der Waals surface area (Å²) in [7, 11) is 0. The van der Waals surface area contributed by atoms with Crippen molar-refractivity contribution >= 4 is 29.2 Å². The predicted molar refractivity (Wildman–Crippen MR) is 104 cm³/mol. The number of likely N-dealkylation sites (tertiary alicyclic amines) is 1. The van der Waals surface area contributed by atoms with Crippen LogP contribution in [-0.4, -0.2) is 48.0 Å². The molecule has 8 heteroatoms. The Morgan fingerprint density at radius 3 is 2.59 bits per heavy atom. The predicted octanol–water partition coefficient (Wildman–Crippen LogP) is 4.08. The van der Waals surface area contributed by atoms with Crippen LogP contribution in [0.1, 0.15) is 33.6 Å². The largest absolute Gasteiger partial charge is 0.490 e. The molecule has 1 aromatic carbocycles. The van der Waals surface area contributed by atoms with Crippen LogP contribution in [0.15, 0.2) is 23.2 Å². The molecule has 1 aliphatic rings. The Morgan fingerprint density at radius 1 is 1.37 bits per heavy atom. The number of nitrogens with zero attached hydrogens (tertiary/aromatic N) is 2. The van der Waals surface area contributed by atoms with Crippen LogP contribution in [-0.2, 0) is 4.74 Å². The van der Waals surface area contributed by atoms with Gasteiger partial charge in [0, 0.05) is 19.2 Å². The highest BCUT2D eigenvalue weighted by atomic mass is 35.5. The minimum atomic E-state index is -0.501. The van der Waals surface area contributed by atoms with E-state index in [0.717, 1.165) is 12.8 Å². The molecule has 1 amide bonds. The number of ether oxygens (including phenoxy) is 2. The molecule has 27 heavy (non-hydrogen) atoms. The normalized spacial score (nSPS) is 16.3. The van der Waals surface area contributed by atoms with Crippen molar-refractivity contribution in [3.05, 3.63) is 24.0 Å². The Bertz CT molecular complexity index is 683. The Hall–Kier alpha value is -2.02. The smallest absolute Gasteiger partial charge is 0.410 e. The fraction of sp³-hybridized carbons (Fsp3) is 0.579. The van der Waals surface area contributed by atoms with E-state index < -0.39 is 11.4 Å². The van der Waals surface area contributed by atoms with Crippen LogP contribution in [0.25, 0.3) is 0 Å². The molecule has 1 aliphatic heterocycles. The SMILES string of the molecule is CC(C)(C)OC(=O)N1CCC(COc2ccc(N=C(N)CCl)cc2F)CC1. The van der Waals surface area contributed by atoms with Crippen molar-refractivity contribution < 1.29 is 18.7 Å². The number of rotatable bonds is 5. The van der Waals surface area contributed by atoms with E-state index in [4.69, 9.17) is 26.8 Å². The van der Waals surface area contributed by atoms with Crippen LogP contribution in [0.2, 0.25) is 0 Å². The molecule has 0 spiro atoms. The van der Waals surface area contributed by atoms with Gasteiger partial charge in [0.05, 0.1) is 18.2 Å². The molecule has 1 aromatic rings. The van der Waals surface area contributed by atoms with Gasteiger partial charge in [0.25, 0.3) is 0 Å². The lowest BCUT2D eigenvalue weighted by atomic mass is 9.98. The molecule has 0 atom stereocenters. The number of nitrogens with two attached hydrogens (primary N) is 1. The van der Waals surface area contributed by atoms with E-state index in [1.807, 2.05) is 20.8 Å². The average Bonchev–Trinajstić information content (AvgIpc) is 2.60. The summed E-state index contributed by atoms with van der Waals surface area (Å²) < 4.78 is 25.2. The van der Waals surface area contributed by atoms with Gasteiger partial charge in [-0.05, 0) is 51.7 Å². The van der Waals surface area contributed by atoms with Crippen LogP contribution >= 0.6 is 11.6 Å². The highest BCUT2D eigenvalue weighted by Crippen LogP contribution is 2.25. The Balaban J connectivity index is 1.82. The van der Waals surface area contributed by atoms with Gasteiger partial charge in [-0.1, -0.05) is 0 Å². The number of carbonyl (C=O) groups excluding carboxylic acids is 1. The van der Waals surface area contributed by atoms with Gasteiger partial charge < -0.3 is 20.1 Å². The number of benzene rings is 1. The summed E-state index contributed by atoms with van der Waals surface area (Å²) in [5.74, 6) is 0.244. The summed E-state index contributed by atoms with van der Waals surface area (Å²) in [4.78, 5) is 17.8. The van der Waals surface area contributed by atoms with E-state index in [2.05, 4.69) is 4.99 Å². The lowest BCUT2D eigenvalue weighted by Gasteiger charge is -2.33. The van der Waals surface area contributed by atoms with E-state index in [1.165, 1.54) is 12.1 Å². The molecule has 2 rings (SSSR count). The first-order valence-electron chi connectivity index (χ1n) is 8.97. The molecule has 0 bridgehead atoms. The van der Waals surface area contributed by atoms with E-state index >= 15 is 0 Å². The van der Waals surface area contributed by atoms with Gasteiger partial charge in [0.15, 0.2) is 11.6 Å². The Labute approximate surface area is 164 Å². The molecule has 1 fully saturated rings. The third-order valence-electron chi connectivity index (χ3n) is 4.07. The maximum Gasteiger partial charge on any atom is 0.410 e. The number of piperidine rings is 1. The summed E-state index contributed by atoms with van der Waals surface area (Å²) in [6, 6.07) is 4.42. The molecule has 0 radical (unpaired) electrons. The van der Waals surface area contributed by atoms with Gasteiger partial charge in [-0.2, -0.15) is 0 Å². The highest BCUT2D eigenvalue weighted by molar-refractivity contribution is 6.28. The number of amidine groups is 1. The summed E-state index contributed by atoms with van der Waals surface area (Å²) in [6.07, 6.45) is 1.28. The summed E-state index contributed by atoms with van der Waals surface area (Å²) in [5, 5.41) is 0. The van der Waals surface area contributed by atoms with E-state index in [1.54, 1.807) is 11.0 Å². The van der Waals surface area contributed by atoms with E-state index in [0.29, 0.717) is 25.4 Å². The van der Waals surface area contributed by atoms with Gasteiger partial charge in [-0.15, -0.1) is 11.6 Å². The lowest BCUT2D eigenvalue weighted by molar-refractivity contribution is 0.0164. The van der Waals surface area contributed by atoms with Crippen LogP contribution < -0.4 is 10.5 Å². The van der Waals surface area contributed by atoms with Gasteiger partial charge in [0.1, 0.15) is 11.4 Å². The summed E-state index contributed by atoms with van der Waals surface area (Å²) in [6.45, 7) is 7.15. The quantitative estimate of drug-likeness (QED) is 0.459. The minimum absolute atomic E-state index is 0.0852. The molecule has 0 saturated carbocycles. The maximum atomic E-state index is 14.1. The highest BCUT2D eigenvalue weighted by Gasteiger charge is 2.27. The number of aliphatic imine (C=N–C) groups is 1. The van der Waals surface area contributed by atoms with Gasteiger partial charge in [-0.3, -0.25) is 0 Å². The molecule has 0 aromatic heterocycles. The van der Waals surface area contributed by atoms with E-state index in [-0.39, 0.29) is 29.5 Å². The third kappa shape index (κ3) is 6.90. The Morgan fingerprint density at radius 2 is 2.04 bits per heavy atom. The van der Waals surface area contributed by atoms with Crippen molar-refractivity contribution in [2.75, 3.05) is 25.6 Å². The molecule has 1 saturated heterocycles. The number of amides is 1. The molecular formula is C19H27ClFN3O3. The second-order valence-corrected chi connectivity index (χ2v) is 7.84. The second kappa shape index (κ2) is 9.26. The Kier molecular flexibility index (Phi) is 7.30. The average molecular weight is 400 g/mol. The zero-order valence-corrected chi connectivity index (χ0v) is 16.8. The molecule has 1 heterocycles.